The lowest BCUT2D eigenvalue weighted by Gasteiger charge is -2.13. The van der Waals surface area contributed by atoms with Crippen LogP contribution in [0.1, 0.15) is 40.2 Å². The average Bonchev–Trinajstić information content (AvgIpc) is 3.26. The van der Waals surface area contributed by atoms with Crippen LogP contribution in [-0.2, 0) is 6.54 Å². The zero-order valence-corrected chi connectivity index (χ0v) is 13.7. The number of nitrogens with zero attached hydrogens (tertiary/aromatic N) is 2. The summed E-state index contributed by atoms with van der Waals surface area (Å²) < 4.78 is 1.94. The molecule has 2 aromatic rings. The smallest absolute Gasteiger partial charge is 0.251 e. The van der Waals surface area contributed by atoms with E-state index in [4.69, 9.17) is 0 Å². The van der Waals surface area contributed by atoms with E-state index in [2.05, 4.69) is 10.4 Å². The number of aliphatic hydroxyl groups is 1. The molecule has 0 saturated heterocycles. The van der Waals surface area contributed by atoms with Gasteiger partial charge < -0.3 is 10.4 Å². The first kappa shape index (κ1) is 15.7. The number of amides is 1. The fraction of sp³-hybridized carbons (Fsp3) is 0.444. The average molecular weight is 313 g/mol. The van der Waals surface area contributed by atoms with Gasteiger partial charge in [0.2, 0.25) is 0 Å². The monoisotopic (exact) mass is 313 g/mol. The maximum Gasteiger partial charge on any atom is 0.251 e. The van der Waals surface area contributed by atoms with Crippen molar-refractivity contribution in [3.8, 4) is 0 Å². The maximum absolute atomic E-state index is 12.3. The van der Waals surface area contributed by atoms with Crippen LogP contribution in [0.3, 0.4) is 0 Å². The van der Waals surface area contributed by atoms with E-state index in [0.717, 1.165) is 29.8 Å². The summed E-state index contributed by atoms with van der Waals surface area (Å²) in [7, 11) is 0. The SMILES string of the molecule is Cc1cc(C)n(Cc2cccc(C(=O)NCC3(CO)CC3)c2)n1. The van der Waals surface area contributed by atoms with Gasteiger partial charge in [-0.15, -0.1) is 0 Å². The first-order valence-corrected chi connectivity index (χ1v) is 8.00. The number of hydrogen-bond donors (Lipinski definition) is 2. The topological polar surface area (TPSA) is 67.2 Å². The zero-order chi connectivity index (χ0) is 16.4. The van der Waals surface area contributed by atoms with Gasteiger partial charge in [-0.25, -0.2) is 0 Å². The Kier molecular flexibility index (Phi) is 4.22. The molecule has 1 heterocycles. The van der Waals surface area contributed by atoms with Crippen molar-refractivity contribution in [3.63, 3.8) is 0 Å². The molecule has 0 atom stereocenters. The van der Waals surface area contributed by atoms with Crippen molar-refractivity contribution in [1.29, 1.82) is 0 Å². The van der Waals surface area contributed by atoms with E-state index >= 15 is 0 Å². The van der Waals surface area contributed by atoms with E-state index in [0.29, 0.717) is 18.7 Å². The van der Waals surface area contributed by atoms with Crippen molar-refractivity contribution in [3.05, 3.63) is 52.8 Å². The Morgan fingerprint density at radius 3 is 2.74 bits per heavy atom. The van der Waals surface area contributed by atoms with Gasteiger partial charge in [0.1, 0.15) is 0 Å². The van der Waals surface area contributed by atoms with Crippen LogP contribution in [0.2, 0.25) is 0 Å². The molecule has 5 heteroatoms. The minimum Gasteiger partial charge on any atom is -0.396 e. The molecule has 5 nitrogen and oxygen atoms in total. The molecule has 1 saturated carbocycles. The summed E-state index contributed by atoms with van der Waals surface area (Å²) in [5.74, 6) is -0.0834. The molecule has 0 spiro atoms. The second-order valence-corrected chi connectivity index (χ2v) is 6.63. The third-order valence-electron chi connectivity index (χ3n) is 4.54. The van der Waals surface area contributed by atoms with Gasteiger partial charge in [0.15, 0.2) is 0 Å². The zero-order valence-electron chi connectivity index (χ0n) is 13.7. The Labute approximate surface area is 136 Å². The highest BCUT2D eigenvalue weighted by Crippen LogP contribution is 2.44. The molecule has 1 fully saturated rings. The Hall–Kier alpha value is -2.14. The predicted octanol–water partition coefficient (Wildman–Crippen LogP) is 2.05. The van der Waals surface area contributed by atoms with Crippen molar-refractivity contribution in [2.24, 2.45) is 5.41 Å². The van der Waals surface area contributed by atoms with E-state index in [1.807, 2.05) is 48.9 Å². The molecule has 0 radical (unpaired) electrons. The van der Waals surface area contributed by atoms with Gasteiger partial charge in [-0.2, -0.15) is 5.10 Å². The lowest BCUT2D eigenvalue weighted by molar-refractivity contribution is 0.0935. The summed E-state index contributed by atoms with van der Waals surface area (Å²) in [6.45, 7) is 5.35. The quantitative estimate of drug-likeness (QED) is 0.858. The van der Waals surface area contributed by atoms with E-state index in [1.165, 1.54) is 0 Å². The van der Waals surface area contributed by atoms with Crippen LogP contribution in [0, 0.1) is 19.3 Å². The van der Waals surface area contributed by atoms with Crippen LogP contribution in [0.4, 0.5) is 0 Å². The number of carbonyl (C=O) groups is 1. The number of benzene rings is 1. The van der Waals surface area contributed by atoms with Crippen molar-refractivity contribution in [2.45, 2.75) is 33.2 Å². The summed E-state index contributed by atoms with van der Waals surface area (Å²) in [5.41, 5.74) is 3.73. The molecule has 2 N–H and O–H groups in total. The second kappa shape index (κ2) is 6.16. The Morgan fingerprint density at radius 2 is 2.13 bits per heavy atom. The van der Waals surface area contributed by atoms with Crippen LogP contribution in [-0.4, -0.2) is 33.9 Å². The molecular weight excluding hydrogens is 290 g/mol. The molecule has 1 aliphatic carbocycles. The summed E-state index contributed by atoms with van der Waals surface area (Å²) in [5, 5.41) is 16.7. The molecule has 1 aromatic heterocycles. The van der Waals surface area contributed by atoms with Gasteiger partial charge in [0.25, 0.3) is 5.91 Å². The third kappa shape index (κ3) is 3.62. The van der Waals surface area contributed by atoms with Crippen molar-refractivity contribution in [2.75, 3.05) is 13.2 Å². The van der Waals surface area contributed by atoms with Gasteiger partial charge in [-0.3, -0.25) is 9.48 Å². The number of aliphatic hydroxyl groups excluding tert-OH is 1. The summed E-state index contributed by atoms with van der Waals surface area (Å²) in [4.78, 5) is 12.3. The van der Waals surface area contributed by atoms with Gasteiger partial charge >= 0.3 is 0 Å². The maximum atomic E-state index is 12.3. The van der Waals surface area contributed by atoms with E-state index < -0.39 is 0 Å². The first-order chi connectivity index (χ1) is 11.0. The molecule has 122 valence electrons. The highest BCUT2D eigenvalue weighted by molar-refractivity contribution is 5.94. The van der Waals surface area contributed by atoms with Gasteiger partial charge in [0, 0.05) is 23.2 Å². The first-order valence-electron chi connectivity index (χ1n) is 8.00. The van der Waals surface area contributed by atoms with Gasteiger partial charge in [0.05, 0.1) is 18.8 Å². The lowest BCUT2D eigenvalue weighted by Crippen LogP contribution is -2.31. The van der Waals surface area contributed by atoms with Crippen molar-refractivity contribution in [1.82, 2.24) is 15.1 Å². The molecule has 1 aromatic carbocycles. The minimum absolute atomic E-state index is 0.0725. The van der Waals surface area contributed by atoms with Crippen molar-refractivity contribution < 1.29 is 9.90 Å². The lowest BCUT2D eigenvalue weighted by atomic mass is 10.1. The van der Waals surface area contributed by atoms with Crippen LogP contribution in [0.15, 0.2) is 30.3 Å². The van der Waals surface area contributed by atoms with Gasteiger partial charge in [-0.05, 0) is 50.5 Å². The highest BCUT2D eigenvalue weighted by atomic mass is 16.3. The van der Waals surface area contributed by atoms with E-state index in [1.54, 1.807) is 0 Å². The minimum atomic E-state index is -0.0834. The predicted molar refractivity (Wildman–Crippen MR) is 88.3 cm³/mol. The number of hydrogen-bond acceptors (Lipinski definition) is 3. The number of carbonyl (C=O) groups excluding carboxylic acids is 1. The normalized spacial score (nSPS) is 15.4. The summed E-state index contributed by atoms with van der Waals surface area (Å²) in [6, 6.07) is 9.67. The summed E-state index contributed by atoms with van der Waals surface area (Å²) in [6.07, 6.45) is 1.98. The van der Waals surface area contributed by atoms with Crippen LogP contribution in [0.5, 0.6) is 0 Å². The number of nitrogens with one attached hydrogen (secondary N) is 1. The second-order valence-electron chi connectivity index (χ2n) is 6.63. The van der Waals surface area contributed by atoms with E-state index in [-0.39, 0.29) is 17.9 Å². The Bertz CT molecular complexity index is 717. The number of aromatic nitrogens is 2. The molecule has 0 aliphatic heterocycles. The number of rotatable bonds is 6. The fourth-order valence-corrected chi connectivity index (χ4v) is 2.76. The van der Waals surface area contributed by atoms with Crippen molar-refractivity contribution >= 4 is 5.91 Å². The molecule has 23 heavy (non-hydrogen) atoms. The largest absolute Gasteiger partial charge is 0.396 e. The van der Waals surface area contributed by atoms with Crippen LogP contribution < -0.4 is 5.32 Å². The number of aryl methyl sites for hydroxylation is 2. The molecule has 0 bridgehead atoms. The standard InChI is InChI=1S/C18H23N3O2/c1-13-8-14(2)21(20-13)10-15-4-3-5-16(9-15)17(23)19-11-18(12-22)6-7-18/h3-5,8-9,22H,6-7,10-12H2,1-2H3,(H,19,23). The Morgan fingerprint density at radius 1 is 1.35 bits per heavy atom. The fourth-order valence-electron chi connectivity index (χ4n) is 2.76. The van der Waals surface area contributed by atoms with Gasteiger partial charge in [-0.1, -0.05) is 12.1 Å². The van der Waals surface area contributed by atoms with Crippen LogP contribution >= 0.6 is 0 Å². The molecular formula is C18H23N3O2. The van der Waals surface area contributed by atoms with Crippen LogP contribution in [0.25, 0.3) is 0 Å². The molecule has 3 rings (SSSR count). The third-order valence-corrected chi connectivity index (χ3v) is 4.54. The molecule has 0 unspecified atom stereocenters. The molecule has 1 aliphatic rings. The van der Waals surface area contributed by atoms with E-state index in [9.17, 15) is 9.90 Å². The summed E-state index contributed by atoms with van der Waals surface area (Å²) >= 11 is 0. The Balaban J connectivity index is 1.67. The molecule has 1 amide bonds. The highest BCUT2D eigenvalue weighted by Gasteiger charge is 2.42.